The van der Waals surface area contributed by atoms with E-state index in [1.807, 2.05) is 24.3 Å². The lowest BCUT2D eigenvalue weighted by atomic mass is 10.1. The number of hydrogen-bond acceptors (Lipinski definition) is 2. The third kappa shape index (κ3) is 2.81. The molecule has 0 aliphatic heterocycles. The Morgan fingerprint density at radius 1 is 1.10 bits per heavy atom. The summed E-state index contributed by atoms with van der Waals surface area (Å²) in [5.74, 6) is -0.212. The predicted octanol–water partition coefficient (Wildman–Crippen LogP) is 5.23. The number of ketones is 1. The van der Waals surface area contributed by atoms with Gasteiger partial charge in [-0.15, -0.1) is 11.3 Å². The smallest absolute Gasteiger partial charge is 0.177 e. The minimum atomic E-state index is -0.276. The van der Waals surface area contributed by atoms with E-state index in [4.69, 9.17) is 0 Å². The third-order valence-corrected chi connectivity index (χ3v) is 4.72. The van der Waals surface area contributed by atoms with Crippen LogP contribution in [0, 0.1) is 5.82 Å². The van der Waals surface area contributed by atoms with Crippen molar-refractivity contribution in [3.8, 4) is 0 Å². The minimum Gasteiger partial charge on any atom is -0.293 e. The topological polar surface area (TPSA) is 17.1 Å². The third-order valence-electron chi connectivity index (χ3n) is 3.03. The summed E-state index contributed by atoms with van der Waals surface area (Å²) in [6.07, 6.45) is 0.364. The average molecular weight is 349 g/mol. The van der Waals surface area contributed by atoms with E-state index >= 15 is 0 Å². The molecule has 0 N–H and O–H groups in total. The molecule has 0 unspecified atom stereocenters. The van der Waals surface area contributed by atoms with E-state index in [1.165, 1.54) is 23.5 Å². The highest BCUT2D eigenvalue weighted by Crippen LogP contribution is 2.27. The van der Waals surface area contributed by atoms with E-state index in [1.54, 1.807) is 12.1 Å². The molecule has 2 aromatic carbocycles. The first-order valence-corrected chi connectivity index (χ1v) is 7.69. The van der Waals surface area contributed by atoms with Gasteiger partial charge in [0, 0.05) is 15.6 Å². The Hall–Kier alpha value is -1.52. The summed E-state index contributed by atoms with van der Waals surface area (Å²) in [6.45, 7) is 0. The van der Waals surface area contributed by atoms with Gasteiger partial charge in [0.05, 0.1) is 4.88 Å². The SMILES string of the molecule is O=C(Cc1ccc(Br)cc1)c1cc2cc(F)ccc2s1. The second-order valence-corrected chi connectivity index (χ2v) is 6.52. The fourth-order valence-corrected chi connectivity index (χ4v) is 3.27. The Morgan fingerprint density at radius 3 is 2.60 bits per heavy atom. The number of carbonyl (C=O) groups excluding carboxylic acids is 1. The quantitative estimate of drug-likeness (QED) is 0.592. The summed E-state index contributed by atoms with van der Waals surface area (Å²) in [7, 11) is 0. The van der Waals surface area contributed by atoms with Gasteiger partial charge in [0.25, 0.3) is 0 Å². The highest BCUT2D eigenvalue weighted by Gasteiger charge is 2.11. The zero-order valence-electron chi connectivity index (χ0n) is 10.4. The molecule has 0 spiro atoms. The molecule has 0 amide bonds. The predicted molar refractivity (Wildman–Crippen MR) is 84.0 cm³/mol. The van der Waals surface area contributed by atoms with Crippen molar-refractivity contribution in [3.05, 3.63) is 69.3 Å². The number of fused-ring (bicyclic) bond motifs is 1. The van der Waals surface area contributed by atoms with E-state index in [-0.39, 0.29) is 11.6 Å². The molecule has 0 fully saturated rings. The molecule has 0 aliphatic carbocycles. The van der Waals surface area contributed by atoms with Crippen molar-refractivity contribution in [2.24, 2.45) is 0 Å². The number of hydrogen-bond donors (Lipinski definition) is 0. The standard InChI is InChI=1S/C16H10BrFOS/c17-12-3-1-10(2-4-12)7-14(19)16-9-11-8-13(18)5-6-15(11)20-16/h1-6,8-9H,7H2. The maximum absolute atomic E-state index is 13.1. The van der Waals surface area contributed by atoms with Crippen LogP contribution in [-0.4, -0.2) is 5.78 Å². The molecule has 0 aliphatic rings. The van der Waals surface area contributed by atoms with Gasteiger partial charge in [0.2, 0.25) is 0 Å². The fraction of sp³-hybridized carbons (Fsp3) is 0.0625. The first-order chi connectivity index (χ1) is 9.61. The second kappa shape index (κ2) is 5.46. The van der Waals surface area contributed by atoms with Gasteiger partial charge in [-0.1, -0.05) is 28.1 Å². The lowest BCUT2D eigenvalue weighted by molar-refractivity contribution is 0.0997. The van der Waals surface area contributed by atoms with Crippen LogP contribution in [0.2, 0.25) is 0 Å². The molecule has 3 aromatic rings. The van der Waals surface area contributed by atoms with Gasteiger partial charge < -0.3 is 0 Å². The normalized spacial score (nSPS) is 10.9. The minimum absolute atomic E-state index is 0.0638. The lowest BCUT2D eigenvalue weighted by Crippen LogP contribution is -2.00. The molecule has 1 heterocycles. The maximum atomic E-state index is 13.1. The van der Waals surface area contributed by atoms with E-state index in [2.05, 4.69) is 15.9 Å². The van der Waals surface area contributed by atoms with Crippen molar-refractivity contribution in [1.82, 2.24) is 0 Å². The monoisotopic (exact) mass is 348 g/mol. The Morgan fingerprint density at radius 2 is 1.85 bits per heavy atom. The number of Topliss-reactive ketones (excluding diaryl/α,β-unsaturated/α-hetero) is 1. The Balaban J connectivity index is 1.86. The number of rotatable bonds is 3. The first-order valence-electron chi connectivity index (χ1n) is 6.08. The molecule has 0 radical (unpaired) electrons. The number of benzene rings is 2. The Bertz CT molecular complexity index is 777. The van der Waals surface area contributed by atoms with Crippen molar-refractivity contribution in [2.75, 3.05) is 0 Å². The molecule has 100 valence electrons. The van der Waals surface area contributed by atoms with Gasteiger partial charge in [-0.3, -0.25) is 4.79 Å². The zero-order chi connectivity index (χ0) is 14.1. The number of thiophene rings is 1. The maximum Gasteiger partial charge on any atom is 0.177 e. The van der Waals surface area contributed by atoms with Crippen LogP contribution in [0.3, 0.4) is 0 Å². The van der Waals surface area contributed by atoms with Gasteiger partial charge in [-0.2, -0.15) is 0 Å². The molecule has 0 saturated heterocycles. The van der Waals surface area contributed by atoms with Crippen LogP contribution in [0.4, 0.5) is 4.39 Å². The fourth-order valence-electron chi connectivity index (χ4n) is 2.03. The average Bonchev–Trinajstić information content (AvgIpc) is 2.84. The molecule has 1 aromatic heterocycles. The summed E-state index contributed by atoms with van der Waals surface area (Å²) < 4.78 is 15.1. The van der Waals surface area contributed by atoms with Gasteiger partial charge >= 0.3 is 0 Å². The zero-order valence-corrected chi connectivity index (χ0v) is 12.8. The Labute approximate surface area is 128 Å². The summed E-state index contributed by atoms with van der Waals surface area (Å²) in [5, 5.41) is 0.786. The van der Waals surface area contributed by atoms with Gasteiger partial charge in [0.15, 0.2) is 5.78 Å². The molecule has 20 heavy (non-hydrogen) atoms. The van der Waals surface area contributed by atoms with Gasteiger partial charge in [-0.05, 0) is 47.3 Å². The Kier molecular flexibility index (Phi) is 3.68. The molecular weight excluding hydrogens is 339 g/mol. The number of carbonyl (C=O) groups is 1. The highest BCUT2D eigenvalue weighted by atomic mass is 79.9. The van der Waals surface area contributed by atoms with Crippen molar-refractivity contribution in [1.29, 1.82) is 0 Å². The summed E-state index contributed by atoms with van der Waals surface area (Å²) in [5.41, 5.74) is 0.974. The van der Waals surface area contributed by atoms with E-state index in [9.17, 15) is 9.18 Å². The van der Waals surface area contributed by atoms with Crippen LogP contribution in [0.1, 0.15) is 15.2 Å². The van der Waals surface area contributed by atoms with Crippen molar-refractivity contribution < 1.29 is 9.18 Å². The molecule has 0 bridgehead atoms. The molecule has 4 heteroatoms. The highest BCUT2D eigenvalue weighted by molar-refractivity contribution is 9.10. The summed E-state index contributed by atoms with van der Waals surface area (Å²) in [6, 6.07) is 14.1. The second-order valence-electron chi connectivity index (χ2n) is 4.52. The van der Waals surface area contributed by atoms with E-state index in [0.29, 0.717) is 11.3 Å². The molecule has 0 atom stereocenters. The van der Waals surface area contributed by atoms with Crippen molar-refractivity contribution in [3.63, 3.8) is 0 Å². The van der Waals surface area contributed by atoms with Crippen LogP contribution in [0.25, 0.3) is 10.1 Å². The molecule has 0 saturated carbocycles. The van der Waals surface area contributed by atoms with E-state index < -0.39 is 0 Å². The van der Waals surface area contributed by atoms with Gasteiger partial charge in [-0.25, -0.2) is 4.39 Å². The lowest BCUT2D eigenvalue weighted by Gasteiger charge is -1.99. The molecule has 3 rings (SSSR count). The van der Waals surface area contributed by atoms with Crippen molar-refractivity contribution >= 4 is 43.1 Å². The van der Waals surface area contributed by atoms with Crippen molar-refractivity contribution in [2.45, 2.75) is 6.42 Å². The number of halogens is 2. The van der Waals surface area contributed by atoms with Gasteiger partial charge in [0.1, 0.15) is 5.82 Å². The largest absolute Gasteiger partial charge is 0.293 e. The van der Waals surface area contributed by atoms with Crippen LogP contribution in [-0.2, 0) is 6.42 Å². The van der Waals surface area contributed by atoms with Crippen LogP contribution >= 0.6 is 27.3 Å². The molecular formula is C16H10BrFOS. The van der Waals surface area contributed by atoms with Crippen LogP contribution in [0.15, 0.2) is 53.0 Å². The summed E-state index contributed by atoms with van der Waals surface area (Å²) >= 11 is 4.78. The van der Waals surface area contributed by atoms with Crippen LogP contribution in [0.5, 0.6) is 0 Å². The first kappa shape index (κ1) is 13.5. The van der Waals surface area contributed by atoms with E-state index in [0.717, 1.165) is 20.1 Å². The van der Waals surface area contributed by atoms with Crippen LogP contribution < -0.4 is 0 Å². The molecule has 1 nitrogen and oxygen atoms in total. The summed E-state index contributed by atoms with van der Waals surface area (Å²) in [4.78, 5) is 12.9.